The van der Waals surface area contributed by atoms with Gasteiger partial charge in [0.15, 0.2) is 0 Å². The van der Waals surface area contributed by atoms with Crippen molar-refractivity contribution >= 4 is 27.8 Å². The summed E-state index contributed by atoms with van der Waals surface area (Å²) in [7, 11) is 0. The fourth-order valence-corrected chi connectivity index (χ4v) is 0.768. The number of nitrogens with one attached hydrogen (secondary N) is 1. The van der Waals surface area contributed by atoms with Crippen molar-refractivity contribution in [2.75, 3.05) is 11.9 Å². The number of halogens is 1. The third-order valence-electron chi connectivity index (χ3n) is 1.14. The van der Waals surface area contributed by atoms with E-state index in [4.69, 9.17) is 0 Å². The summed E-state index contributed by atoms with van der Waals surface area (Å²) in [6.45, 7) is 3.63. The largest absolute Gasteiger partial charge is 0.464 e. The predicted molar refractivity (Wildman–Crippen MR) is 48.0 cm³/mol. The molecule has 0 rings (SSSR count). The minimum Gasteiger partial charge on any atom is -0.464 e. The van der Waals surface area contributed by atoms with Gasteiger partial charge in [-0.15, -0.1) is 0 Å². The summed E-state index contributed by atoms with van der Waals surface area (Å²) in [5.74, 6) is -0.637. The van der Waals surface area contributed by atoms with E-state index >= 15 is 0 Å². The second kappa shape index (κ2) is 5.99. The van der Waals surface area contributed by atoms with E-state index in [0.717, 1.165) is 0 Å². The van der Waals surface area contributed by atoms with Crippen LogP contribution in [0.25, 0.3) is 0 Å². The van der Waals surface area contributed by atoms with Gasteiger partial charge in [-0.25, -0.2) is 4.79 Å². The molecule has 0 fully saturated rings. The van der Waals surface area contributed by atoms with Crippen LogP contribution in [0.3, 0.4) is 0 Å². The number of hydrogen-bond acceptors (Lipinski definition) is 3. The maximum Gasteiger partial charge on any atom is 0.328 e. The van der Waals surface area contributed by atoms with Crippen molar-refractivity contribution < 1.29 is 14.3 Å². The molecule has 0 saturated heterocycles. The number of hydrogen-bond donors (Lipinski definition) is 1. The number of alkyl halides is 1. The van der Waals surface area contributed by atoms with Crippen molar-refractivity contribution in [2.24, 2.45) is 0 Å². The molecule has 0 saturated carbocycles. The van der Waals surface area contributed by atoms with Crippen LogP contribution in [0.5, 0.6) is 0 Å². The molecule has 0 aliphatic carbocycles. The van der Waals surface area contributed by atoms with Crippen LogP contribution in [0, 0.1) is 0 Å². The van der Waals surface area contributed by atoms with Gasteiger partial charge in [0.25, 0.3) is 0 Å². The molecule has 0 aliphatic rings. The second-order valence-corrected chi connectivity index (χ2v) is 2.74. The Morgan fingerprint density at radius 1 is 1.58 bits per heavy atom. The molecule has 0 bridgehead atoms. The van der Waals surface area contributed by atoms with Gasteiger partial charge >= 0.3 is 5.97 Å². The fourth-order valence-electron chi connectivity index (χ4n) is 0.606. The van der Waals surface area contributed by atoms with E-state index in [0.29, 0.717) is 6.61 Å². The first-order valence-corrected chi connectivity index (χ1v) is 4.76. The van der Waals surface area contributed by atoms with Crippen LogP contribution in [0.15, 0.2) is 0 Å². The predicted octanol–water partition coefficient (Wildman–Crippen LogP) is 0.449. The molecular formula is C7H12BrNO3. The molecule has 1 N–H and O–H groups in total. The van der Waals surface area contributed by atoms with E-state index in [9.17, 15) is 9.59 Å². The van der Waals surface area contributed by atoms with Gasteiger partial charge in [0.2, 0.25) is 5.91 Å². The van der Waals surface area contributed by atoms with Crippen molar-refractivity contribution in [2.45, 2.75) is 19.9 Å². The van der Waals surface area contributed by atoms with Crippen LogP contribution in [0.2, 0.25) is 0 Å². The molecular weight excluding hydrogens is 226 g/mol. The number of amides is 1. The molecule has 0 aromatic carbocycles. The highest BCUT2D eigenvalue weighted by molar-refractivity contribution is 9.09. The zero-order chi connectivity index (χ0) is 9.56. The molecule has 12 heavy (non-hydrogen) atoms. The highest BCUT2D eigenvalue weighted by Crippen LogP contribution is 1.89. The van der Waals surface area contributed by atoms with E-state index in [2.05, 4.69) is 26.0 Å². The third kappa shape index (κ3) is 4.33. The minimum absolute atomic E-state index is 0.191. The Morgan fingerprint density at radius 3 is 2.58 bits per heavy atom. The minimum atomic E-state index is -0.574. The molecule has 0 radical (unpaired) electrons. The highest BCUT2D eigenvalue weighted by Gasteiger charge is 2.15. The van der Waals surface area contributed by atoms with Crippen LogP contribution in [-0.4, -0.2) is 29.9 Å². The van der Waals surface area contributed by atoms with Crippen LogP contribution in [-0.2, 0) is 14.3 Å². The Hall–Kier alpha value is -0.580. The monoisotopic (exact) mass is 237 g/mol. The van der Waals surface area contributed by atoms with Gasteiger partial charge in [0.1, 0.15) is 6.04 Å². The first kappa shape index (κ1) is 11.4. The number of esters is 1. The van der Waals surface area contributed by atoms with Crippen LogP contribution in [0.4, 0.5) is 0 Å². The van der Waals surface area contributed by atoms with Gasteiger partial charge in [0, 0.05) is 0 Å². The topological polar surface area (TPSA) is 55.4 Å². The highest BCUT2D eigenvalue weighted by atomic mass is 79.9. The second-order valence-electron chi connectivity index (χ2n) is 2.17. The Labute approximate surface area is 79.8 Å². The molecule has 4 nitrogen and oxygen atoms in total. The SMILES string of the molecule is CCOC(=O)C(C)NC(=O)CBr. The Balaban J connectivity index is 3.78. The Bertz CT molecular complexity index is 172. The number of rotatable bonds is 4. The number of carbonyl (C=O) groups is 2. The number of ether oxygens (including phenoxy) is 1. The van der Waals surface area contributed by atoms with Crippen molar-refractivity contribution in [3.8, 4) is 0 Å². The van der Waals surface area contributed by atoms with Gasteiger partial charge in [-0.1, -0.05) is 15.9 Å². The van der Waals surface area contributed by atoms with E-state index < -0.39 is 12.0 Å². The van der Waals surface area contributed by atoms with E-state index in [1.54, 1.807) is 13.8 Å². The van der Waals surface area contributed by atoms with Crippen molar-refractivity contribution in [3.05, 3.63) is 0 Å². The molecule has 1 atom stereocenters. The van der Waals surface area contributed by atoms with Gasteiger partial charge in [-0.2, -0.15) is 0 Å². The normalized spacial score (nSPS) is 11.9. The molecule has 0 spiro atoms. The van der Waals surface area contributed by atoms with Gasteiger partial charge < -0.3 is 10.1 Å². The van der Waals surface area contributed by atoms with E-state index in [1.165, 1.54) is 0 Å². The summed E-state index contributed by atoms with van der Waals surface area (Å²) < 4.78 is 4.68. The molecule has 1 amide bonds. The first-order chi connectivity index (χ1) is 5.61. The van der Waals surface area contributed by atoms with Crippen LogP contribution >= 0.6 is 15.9 Å². The average molecular weight is 238 g/mol. The molecule has 1 unspecified atom stereocenters. The van der Waals surface area contributed by atoms with Crippen LogP contribution < -0.4 is 5.32 Å². The van der Waals surface area contributed by atoms with Gasteiger partial charge in [0.05, 0.1) is 11.9 Å². The van der Waals surface area contributed by atoms with Gasteiger partial charge in [-0.3, -0.25) is 4.79 Å². The summed E-state index contributed by atoms with van der Waals surface area (Å²) in [6, 6.07) is -0.574. The summed E-state index contributed by atoms with van der Waals surface area (Å²) in [5.41, 5.74) is 0. The maximum absolute atomic E-state index is 10.9. The van der Waals surface area contributed by atoms with Crippen molar-refractivity contribution in [3.63, 3.8) is 0 Å². The Kier molecular flexibility index (Phi) is 5.70. The molecule has 70 valence electrons. The van der Waals surface area contributed by atoms with Crippen molar-refractivity contribution in [1.82, 2.24) is 5.32 Å². The third-order valence-corrected chi connectivity index (χ3v) is 1.65. The smallest absolute Gasteiger partial charge is 0.328 e. The first-order valence-electron chi connectivity index (χ1n) is 3.63. The lowest BCUT2D eigenvalue weighted by Crippen LogP contribution is -2.40. The van der Waals surface area contributed by atoms with Gasteiger partial charge in [-0.05, 0) is 13.8 Å². The molecule has 0 heterocycles. The average Bonchev–Trinajstić information content (AvgIpc) is 2.04. The lowest BCUT2D eigenvalue weighted by atomic mass is 10.3. The lowest BCUT2D eigenvalue weighted by Gasteiger charge is -2.10. The molecule has 0 aromatic rings. The summed E-state index contributed by atoms with van der Waals surface area (Å²) in [6.07, 6.45) is 0. The molecule has 5 heteroatoms. The molecule has 0 aliphatic heterocycles. The van der Waals surface area contributed by atoms with E-state index in [1.807, 2.05) is 0 Å². The summed E-state index contributed by atoms with van der Waals surface area (Å²) in [5, 5.41) is 2.64. The zero-order valence-electron chi connectivity index (χ0n) is 7.09. The quantitative estimate of drug-likeness (QED) is 0.571. The summed E-state index contributed by atoms with van der Waals surface area (Å²) in [4.78, 5) is 21.7. The standard InChI is InChI=1S/C7H12BrNO3/c1-3-12-7(11)5(2)9-6(10)4-8/h5H,3-4H2,1-2H3,(H,9,10). The maximum atomic E-state index is 10.9. The number of carbonyl (C=O) groups excluding carboxylic acids is 2. The van der Waals surface area contributed by atoms with Crippen LogP contribution in [0.1, 0.15) is 13.8 Å². The fraction of sp³-hybridized carbons (Fsp3) is 0.714. The van der Waals surface area contributed by atoms with Crippen molar-refractivity contribution in [1.29, 1.82) is 0 Å². The zero-order valence-corrected chi connectivity index (χ0v) is 8.68. The molecule has 0 aromatic heterocycles. The summed E-state index contributed by atoms with van der Waals surface area (Å²) >= 11 is 2.97. The lowest BCUT2D eigenvalue weighted by molar-refractivity contribution is -0.146. The van der Waals surface area contributed by atoms with E-state index in [-0.39, 0.29) is 11.2 Å². The Morgan fingerprint density at radius 2 is 2.17 bits per heavy atom.